The maximum atomic E-state index is 6.10. The second-order valence-corrected chi connectivity index (χ2v) is 6.68. The van der Waals surface area contributed by atoms with E-state index in [4.69, 9.17) is 11.6 Å². The number of alkyl halides is 1. The maximum absolute atomic E-state index is 6.10. The molecule has 0 spiro atoms. The van der Waals surface area contributed by atoms with Crippen molar-refractivity contribution in [2.45, 2.75) is 47.0 Å². The minimum Gasteiger partial charge on any atom is -0.327 e. The molecule has 0 N–H and O–H groups in total. The molecule has 0 amide bonds. The molecule has 3 heteroatoms. The third-order valence-electron chi connectivity index (χ3n) is 4.21. The minimum absolute atomic E-state index is 0.469. The molecule has 2 nitrogen and oxygen atoms in total. The summed E-state index contributed by atoms with van der Waals surface area (Å²) < 4.78 is 2.32. The van der Waals surface area contributed by atoms with E-state index >= 15 is 0 Å². The number of halogens is 1. The average molecular weight is 293 g/mol. The smallest absolute Gasteiger partial charge is 0.124 e. The van der Waals surface area contributed by atoms with E-state index in [0.717, 1.165) is 17.9 Å². The Balaban J connectivity index is 2.48. The van der Waals surface area contributed by atoms with Crippen molar-refractivity contribution >= 4 is 22.6 Å². The summed E-state index contributed by atoms with van der Waals surface area (Å²) in [4.78, 5) is 4.68. The second kappa shape index (κ2) is 6.17. The highest BCUT2D eigenvalue weighted by Crippen LogP contribution is 2.27. The molecule has 1 aromatic carbocycles. The van der Waals surface area contributed by atoms with Gasteiger partial charge in [0.25, 0.3) is 0 Å². The van der Waals surface area contributed by atoms with Gasteiger partial charge in [-0.25, -0.2) is 4.98 Å². The molecule has 20 heavy (non-hydrogen) atoms. The van der Waals surface area contributed by atoms with Gasteiger partial charge in [-0.05, 0) is 42.4 Å². The van der Waals surface area contributed by atoms with E-state index in [1.165, 1.54) is 11.1 Å². The van der Waals surface area contributed by atoms with Gasteiger partial charge in [0.15, 0.2) is 0 Å². The van der Waals surface area contributed by atoms with Gasteiger partial charge in [-0.3, -0.25) is 0 Å². The van der Waals surface area contributed by atoms with Crippen LogP contribution < -0.4 is 0 Å². The first kappa shape index (κ1) is 15.4. The number of fused-ring (bicyclic) bond motifs is 1. The molecular weight excluding hydrogens is 268 g/mol. The highest BCUT2D eigenvalue weighted by atomic mass is 35.5. The summed E-state index contributed by atoms with van der Waals surface area (Å²) in [5.41, 5.74) is 3.54. The molecule has 0 bridgehead atoms. The van der Waals surface area contributed by atoms with E-state index in [1.807, 2.05) is 0 Å². The number of aryl methyl sites for hydroxylation is 1. The Kier molecular flexibility index (Phi) is 4.74. The molecule has 0 saturated heterocycles. The highest BCUT2D eigenvalue weighted by molar-refractivity contribution is 6.16. The maximum Gasteiger partial charge on any atom is 0.124 e. The predicted octanol–water partition coefficient (Wildman–Crippen LogP) is 5.01. The van der Waals surface area contributed by atoms with Crippen LogP contribution in [0.1, 0.15) is 39.1 Å². The normalized spacial score (nSPS) is 12.2. The Bertz CT molecular complexity index is 576. The minimum atomic E-state index is 0.469. The summed E-state index contributed by atoms with van der Waals surface area (Å²) in [6.07, 6.45) is 0. The van der Waals surface area contributed by atoms with Crippen LogP contribution in [0.2, 0.25) is 0 Å². The first-order valence-corrected chi connectivity index (χ1v) is 7.99. The average Bonchev–Trinajstić information content (AvgIpc) is 2.72. The van der Waals surface area contributed by atoms with Gasteiger partial charge in [-0.1, -0.05) is 33.8 Å². The third kappa shape index (κ3) is 3.01. The van der Waals surface area contributed by atoms with E-state index in [2.05, 4.69) is 62.4 Å². The van der Waals surface area contributed by atoms with Gasteiger partial charge in [0, 0.05) is 6.54 Å². The zero-order valence-corrected chi connectivity index (χ0v) is 13.9. The Morgan fingerprint density at radius 3 is 2.35 bits per heavy atom. The molecule has 0 aliphatic rings. The molecule has 0 unspecified atom stereocenters. The molecule has 2 rings (SSSR count). The molecule has 0 aliphatic heterocycles. The van der Waals surface area contributed by atoms with Gasteiger partial charge in [-0.2, -0.15) is 0 Å². The van der Waals surface area contributed by atoms with Crippen molar-refractivity contribution in [1.82, 2.24) is 9.55 Å². The van der Waals surface area contributed by atoms with Crippen LogP contribution in [0, 0.1) is 24.7 Å². The molecule has 2 aromatic rings. The van der Waals surface area contributed by atoms with Crippen LogP contribution in [0.25, 0.3) is 11.0 Å². The van der Waals surface area contributed by atoms with Crippen LogP contribution in [0.4, 0.5) is 0 Å². The Morgan fingerprint density at radius 1 is 1.15 bits per heavy atom. The largest absolute Gasteiger partial charge is 0.327 e. The zero-order chi connectivity index (χ0) is 14.9. The summed E-state index contributed by atoms with van der Waals surface area (Å²) in [5, 5.41) is 0. The van der Waals surface area contributed by atoms with Crippen molar-refractivity contribution in [1.29, 1.82) is 0 Å². The Morgan fingerprint density at radius 2 is 1.80 bits per heavy atom. The van der Waals surface area contributed by atoms with Crippen LogP contribution >= 0.6 is 11.6 Å². The van der Waals surface area contributed by atoms with Crippen molar-refractivity contribution in [3.8, 4) is 0 Å². The summed E-state index contributed by atoms with van der Waals surface area (Å²) in [6.45, 7) is 12.3. The zero-order valence-electron chi connectivity index (χ0n) is 13.2. The molecule has 1 heterocycles. The lowest BCUT2D eigenvalue weighted by molar-refractivity contribution is 0.252. The predicted molar refractivity (Wildman–Crippen MR) is 87.2 cm³/mol. The lowest BCUT2D eigenvalue weighted by atomic mass is 9.85. The summed E-state index contributed by atoms with van der Waals surface area (Å²) in [7, 11) is 0. The van der Waals surface area contributed by atoms with Crippen LogP contribution in [0.3, 0.4) is 0 Å². The van der Waals surface area contributed by atoms with E-state index in [1.54, 1.807) is 0 Å². The lowest BCUT2D eigenvalue weighted by Crippen LogP contribution is -2.22. The molecular formula is C17H25ClN2. The SMILES string of the molecule is Cc1ccc2nc(CCl)n(CC(C(C)C)C(C)C)c2c1. The van der Waals surface area contributed by atoms with Gasteiger partial charge >= 0.3 is 0 Å². The number of hydrogen-bond donors (Lipinski definition) is 0. The summed E-state index contributed by atoms with van der Waals surface area (Å²) in [6, 6.07) is 6.42. The van der Waals surface area contributed by atoms with Gasteiger partial charge in [0.1, 0.15) is 5.82 Å². The quantitative estimate of drug-likeness (QED) is 0.708. The van der Waals surface area contributed by atoms with Crippen molar-refractivity contribution in [2.24, 2.45) is 17.8 Å². The number of nitrogens with zero attached hydrogens (tertiary/aromatic N) is 2. The van der Waals surface area contributed by atoms with Crippen molar-refractivity contribution in [3.05, 3.63) is 29.6 Å². The first-order chi connectivity index (χ1) is 9.43. The Hall–Kier alpha value is -1.02. The molecule has 0 fully saturated rings. The molecule has 0 saturated carbocycles. The topological polar surface area (TPSA) is 17.8 Å². The number of rotatable bonds is 5. The number of aromatic nitrogens is 2. The Labute approximate surface area is 127 Å². The monoisotopic (exact) mass is 292 g/mol. The van der Waals surface area contributed by atoms with Crippen LogP contribution in [-0.4, -0.2) is 9.55 Å². The van der Waals surface area contributed by atoms with Gasteiger partial charge in [0.2, 0.25) is 0 Å². The first-order valence-electron chi connectivity index (χ1n) is 7.45. The molecule has 110 valence electrons. The molecule has 0 aliphatic carbocycles. The van der Waals surface area contributed by atoms with Gasteiger partial charge in [-0.15, -0.1) is 11.6 Å². The second-order valence-electron chi connectivity index (χ2n) is 6.42. The van der Waals surface area contributed by atoms with Crippen molar-refractivity contribution in [3.63, 3.8) is 0 Å². The van der Waals surface area contributed by atoms with Gasteiger partial charge < -0.3 is 4.57 Å². The summed E-state index contributed by atoms with van der Waals surface area (Å²) in [5.74, 6) is 3.39. The van der Waals surface area contributed by atoms with Crippen molar-refractivity contribution < 1.29 is 0 Å². The number of benzene rings is 1. The lowest BCUT2D eigenvalue weighted by Gasteiger charge is -2.26. The highest BCUT2D eigenvalue weighted by Gasteiger charge is 2.21. The number of hydrogen-bond acceptors (Lipinski definition) is 1. The van der Waals surface area contributed by atoms with Crippen LogP contribution in [-0.2, 0) is 12.4 Å². The van der Waals surface area contributed by atoms with Crippen molar-refractivity contribution in [2.75, 3.05) is 0 Å². The summed E-state index contributed by atoms with van der Waals surface area (Å²) >= 11 is 6.10. The standard InChI is InChI=1S/C17H25ClN2/c1-11(2)14(12(3)4)10-20-16-8-13(5)6-7-15(16)19-17(20)9-18/h6-8,11-12,14H,9-10H2,1-5H3. The number of imidazole rings is 1. The van der Waals surface area contributed by atoms with E-state index < -0.39 is 0 Å². The van der Waals surface area contributed by atoms with E-state index in [0.29, 0.717) is 23.6 Å². The third-order valence-corrected chi connectivity index (χ3v) is 4.45. The molecule has 0 atom stereocenters. The van der Waals surface area contributed by atoms with Crippen LogP contribution in [0.5, 0.6) is 0 Å². The van der Waals surface area contributed by atoms with E-state index in [9.17, 15) is 0 Å². The molecule has 0 radical (unpaired) electrons. The molecule has 1 aromatic heterocycles. The fourth-order valence-corrected chi connectivity index (χ4v) is 3.19. The fourth-order valence-electron chi connectivity index (χ4n) is 2.99. The van der Waals surface area contributed by atoms with Crippen LogP contribution in [0.15, 0.2) is 18.2 Å². The fraction of sp³-hybridized carbons (Fsp3) is 0.588. The van der Waals surface area contributed by atoms with Gasteiger partial charge in [0.05, 0.1) is 16.9 Å². The van der Waals surface area contributed by atoms with E-state index in [-0.39, 0.29) is 0 Å².